The summed E-state index contributed by atoms with van der Waals surface area (Å²) >= 11 is 13.6. The number of methoxy groups -OCH3 is 1. The van der Waals surface area contributed by atoms with Crippen molar-refractivity contribution in [3.63, 3.8) is 0 Å². The number of halogens is 2. The van der Waals surface area contributed by atoms with Crippen molar-refractivity contribution in [2.24, 2.45) is 0 Å². The molecule has 0 saturated heterocycles. The molecule has 118 valence electrons. The number of benzene rings is 1. The number of nitrogens with zero attached hydrogens (tertiary/aromatic N) is 1. The van der Waals surface area contributed by atoms with Crippen LogP contribution in [-0.2, 0) is 11.3 Å². The highest BCUT2D eigenvalue weighted by Gasteiger charge is 2.25. The lowest BCUT2D eigenvalue weighted by Crippen LogP contribution is -2.11. The smallest absolute Gasteiger partial charge is 0.341 e. The highest BCUT2D eigenvalue weighted by Crippen LogP contribution is 2.42. The van der Waals surface area contributed by atoms with Gasteiger partial charge in [0, 0.05) is 32.6 Å². The van der Waals surface area contributed by atoms with E-state index in [0.717, 1.165) is 10.4 Å². The molecule has 0 aliphatic carbocycles. The van der Waals surface area contributed by atoms with Crippen LogP contribution in [-0.4, -0.2) is 32.1 Å². The van der Waals surface area contributed by atoms with Crippen LogP contribution in [0.5, 0.6) is 0 Å². The Hall–Kier alpha value is -1.27. The first-order valence-corrected chi connectivity index (χ1v) is 8.02. The van der Waals surface area contributed by atoms with E-state index in [1.54, 1.807) is 18.2 Å². The number of nitrogens with two attached hydrogens (primary N) is 1. The van der Waals surface area contributed by atoms with Crippen LogP contribution in [0.15, 0.2) is 18.2 Å². The summed E-state index contributed by atoms with van der Waals surface area (Å²) in [6.07, 6.45) is 0. The van der Waals surface area contributed by atoms with Crippen molar-refractivity contribution in [1.29, 1.82) is 0 Å². The maximum Gasteiger partial charge on any atom is 0.341 e. The van der Waals surface area contributed by atoms with E-state index >= 15 is 0 Å². The Morgan fingerprint density at radius 2 is 2.05 bits per heavy atom. The molecule has 1 heterocycles. The van der Waals surface area contributed by atoms with Gasteiger partial charge in [-0.3, -0.25) is 0 Å². The molecule has 0 amide bonds. The zero-order chi connectivity index (χ0) is 16.4. The first kappa shape index (κ1) is 17.1. The van der Waals surface area contributed by atoms with E-state index in [2.05, 4.69) is 0 Å². The quantitative estimate of drug-likeness (QED) is 0.834. The molecule has 4 nitrogen and oxygen atoms in total. The zero-order valence-electron chi connectivity index (χ0n) is 12.4. The molecule has 2 aromatic rings. The lowest BCUT2D eigenvalue weighted by Gasteiger charge is -2.12. The van der Waals surface area contributed by atoms with Gasteiger partial charge in [-0.2, -0.15) is 0 Å². The topological polar surface area (TPSA) is 55.6 Å². The molecule has 0 fully saturated rings. The van der Waals surface area contributed by atoms with Crippen LogP contribution in [0, 0.1) is 0 Å². The van der Waals surface area contributed by atoms with Crippen LogP contribution < -0.4 is 5.73 Å². The molecule has 0 saturated carbocycles. The Bertz CT molecular complexity index is 714. The number of carbonyl (C=O) groups excluding carboxylic acids is 1. The van der Waals surface area contributed by atoms with Crippen LogP contribution in [0.2, 0.25) is 10.0 Å². The van der Waals surface area contributed by atoms with Crippen molar-refractivity contribution in [2.75, 3.05) is 26.9 Å². The summed E-state index contributed by atoms with van der Waals surface area (Å²) in [6, 6.07) is 5.17. The highest BCUT2D eigenvalue weighted by molar-refractivity contribution is 7.17. The monoisotopic (exact) mass is 358 g/mol. The standard InChI is InChI=1S/C15H16Cl2N2O2S/c1-19(2)7-11-12(9-5-4-8(16)6-10(9)17)13(14(18)22-11)15(20)21-3/h4-6H,7,18H2,1-3H3. The van der Waals surface area contributed by atoms with Crippen LogP contribution in [0.25, 0.3) is 11.1 Å². The van der Waals surface area contributed by atoms with Crippen LogP contribution in [0.4, 0.5) is 5.00 Å². The second-order valence-electron chi connectivity index (χ2n) is 4.99. The predicted molar refractivity (Wildman–Crippen MR) is 92.9 cm³/mol. The van der Waals surface area contributed by atoms with Gasteiger partial charge in [0.05, 0.1) is 7.11 Å². The van der Waals surface area contributed by atoms with E-state index in [9.17, 15) is 4.79 Å². The van der Waals surface area contributed by atoms with Gasteiger partial charge in [-0.25, -0.2) is 4.79 Å². The number of thiophene rings is 1. The molecule has 0 bridgehead atoms. The van der Waals surface area contributed by atoms with E-state index in [1.165, 1.54) is 18.4 Å². The molecule has 0 atom stereocenters. The number of carbonyl (C=O) groups is 1. The lowest BCUT2D eigenvalue weighted by molar-refractivity contribution is 0.0603. The average Bonchev–Trinajstić information content (AvgIpc) is 2.73. The summed E-state index contributed by atoms with van der Waals surface area (Å²) in [5, 5.41) is 1.42. The maximum atomic E-state index is 12.1. The summed E-state index contributed by atoms with van der Waals surface area (Å²) in [4.78, 5) is 15.1. The fraction of sp³-hybridized carbons (Fsp3) is 0.267. The van der Waals surface area contributed by atoms with E-state index in [1.807, 2.05) is 19.0 Å². The van der Waals surface area contributed by atoms with Crippen molar-refractivity contribution in [3.05, 3.63) is 38.7 Å². The number of hydrogen-bond acceptors (Lipinski definition) is 5. The minimum Gasteiger partial charge on any atom is -0.465 e. The van der Waals surface area contributed by atoms with Crippen molar-refractivity contribution in [3.8, 4) is 11.1 Å². The third kappa shape index (κ3) is 3.38. The highest BCUT2D eigenvalue weighted by atomic mass is 35.5. The van der Waals surface area contributed by atoms with Gasteiger partial charge < -0.3 is 15.4 Å². The number of esters is 1. The second kappa shape index (κ2) is 6.87. The van der Waals surface area contributed by atoms with E-state index in [4.69, 9.17) is 33.7 Å². The third-order valence-corrected chi connectivity index (χ3v) is 4.61. The minimum atomic E-state index is -0.472. The van der Waals surface area contributed by atoms with Gasteiger partial charge in [-0.1, -0.05) is 29.3 Å². The molecule has 0 unspecified atom stereocenters. The molecule has 22 heavy (non-hydrogen) atoms. The molecule has 0 aliphatic rings. The van der Waals surface area contributed by atoms with E-state index < -0.39 is 5.97 Å². The molecular formula is C15H16Cl2N2O2S. The second-order valence-corrected chi connectivity index (χ2v) is 6.97. The van der Waals surface area contributed by atoms with Gasteiger partial charge in [-0.15, -0.1) is 11.3 Å². The summed E-state index contributed by atoms with van der Waals surface area (Å²) in [7, 11) is 5.22. The SMILES string of the molecule is COC(=O)c1c(N)sc(CN(C)C)c1-c1ccc(Cl)cc1Cl. The Labute approximate surface area is 143 Å². The van der Waals surface area contributed by atoms with Gasteiger partial charge in [0.25, 0.3) is 0 Å². The molecule has 2 rings (SSSR count). The van der Waals surface area contributed by atoms with Gasteiger partial charge in [0.15, 0.2) is 0 Å². The zero-order valence-corrected chi connectivity index (χ0v) is 14.8. The fourth-order valence-corrected chi connectivity index (χ4v) is 3.87. The number of rotatable bonds is 4. The van der Waals surface area contributed by atoms with Gasteiger partial charge >= 0.3 is 5.97 Å². The van der Waals surface area contributed by atoms with E-state index in [0.29, 0.717) is 32.7 Å². The minimum absolute atomic E-state index is 0.355. The first-order valence-electron chi connectivity index (χ1n) is 6.44. The number of ether oxygens (including phenoxy) is 1. The van der Waals surface area contributed by atoms with Crippen molar-refractivity contribution < 1.29 is 9.53 Å². The molecular weight excluding hydrogens is 343 g/mol. The average molecular weight is 359 g/mol. The predicted octanol–water partition coefficient (Wildman–Crippen LogP) is 4.15. The van der Waals surface area contributed by atoms with Crippen molar-refractivity contribution in [2.45, 2.75) is 6.54 Å². The van der Waals surface area contributed by atoms with Gasteiger partial charge in [0.1, 0.15) is 10.6 Å². The lowest BCUT2D eigenvalue weighted by atomic mass is 10.0. The van der Waals surface area contributed by atoms with Crippen LogP contribution in [0.3, 0.4) is 0 Å². The molecule has 1 aromatic heterocycles. The van der Waals surface area contributed by atoms with Crippen molar-refractivity contribution >= 4 is 45.5 Å². The van der Waals surface area contributed by atoms with Gasteiger partial charge in [-0.05, 0) is 26.2 Å². The summed E-state index contributed by atoms with van der Waals surface area (Å²) in [6.45, 7) is 0.639. The molecule has 0 spiro atoms. The normalized spacial score (nSPS) is 11.0. The fourth-order valence-electron chi connectivity index (χ4n) is 2.18. The number of anilines is 1. The molecule has 1 aromatic carbocycles. The number of nitrogen functional groups attached to an aromatic ring is 1. The first-order chi connectivity index (χ1) is 10.3. The van der Waals surface area contributed by atoms with Crippen molar-refractivity contribution in [1.82, 2.24) is 4.90 Å². The largest absolute Gasteiger partial charge is 0.465 e. The Morgan fingerprint density at radius 3 is 2.59 bits per heavy atom. The Balaban J connectivity index is 2.71. The third-order valence-electron chi connectivity index (χ3n) is 3.06. The Morgan fingerprint density at radius 1 is 1.36 bits per heavy atom. The molecule has 2 N–H and O–H groups in total. The van der Waals surface area contributed by atoms with E-state index in [-0.39, 0.29) is 0 Å². The molecule has 7 heteroatoms. The Kier molecular flexibility index (Phi) is 5.34. The van der Waals surface area contributed by atoms with Gasteiger partial charge in [0.2, 0.25) is 0 Å². The molecule has 0 radical (unpaired) electrons. The summed E-state index contributed by atoms with van der Waals surface area (Å²) in [5.74, 6) is -0.472. The number of hydrogen-bond donors (Lipinski definition) is 1. The van der Waals surface area contributed by atoms with Crippen LogP contribution in [0.1, 0.15) is 15.2 Å². The maximum absolute atomic E-state index is 12.1. The molecule has 0 aliphatic heterocycles. The van der Waals surface area contributed by atoms with Crippen LogP contribution >= 0.6 is 34.5 Å². The summed E-state index contributed by atoms with van der Waals surface area (Å²) in [5.41, 5.74) is 7.83. The summed E-state index contributed by atoms with van der Waals surface area (Å²) < 4.78 is 4.87.